The first kappa shape index (κ1) is 50.5. The number of hydrogen-bond donors (Lipinski definition) is 0. The minimum Gasteiger partial charge on any atom is -0.544 e. The van der Waals surface area contributed by atoms with Crippen LogP contribution in [0.4, 0.5) is 0 Å². The quantitative estimate of drug-likeness (QED) is 0.0275. The number of rotatable bonds is 35. The third-order valence-corrected chi connectivity index (χ3v) is 8.53. The lowest BCUT2D eigenvalue weighted by molar-refractivity contribution is -0.889. The summed E-state index contributed by atoms with van der Waals surface area (Å²) in [6, 6.07) is -0.739. The van der Waals surface area contributed by atoms with Gasteiger partial charge in [0, 0.05) is 19.3 Å². The molecule has 0 bridgehead atoms. The van der Waals surface area contributed by atoms with Crippen molar-refractivity contribution < 1.29 is 38.2 Å². The van der Waals surface area contributed by atoms with Crippen LogP contribution in [0.2, 0.25) is 0 Å². The van der Waals surface area contributed by atoms with E-state index < -0.39 is 18.1 Å². The summed E-state index contributed by atoms with van der Waals surface area (Å²) in [6.45, 7) is 4.39. The highest BCUT2D eigenvalue weighted by atomic mass is 16.6. The van der Waals surface area contributed by atoms with Gasteiger partial charge in [0.05, 0.1) is 40.3 Å². The number of esters is 2. The number of unbranched alkanes of at least 4 members (excludes halogenated alkanes) is 7. The van der Waals surface area contributed by atoms with Crippen LogP contribution in [0, 0.1) is 0 Å². The highest BCUT2D eigenvalue weighted by Gasteiger charge is 2.25. The minimum atomic E-state index is -1.14. The fraction of sp³-hybridized carbons (Fsp3) is 0.630. The average Bonchev–Trinajstić information content (AvgIpc) is 3.12. The van der Waals surface area contributed by atoms with E-state index in [1.165, 1.54) is 19.3 Å². The monoisotopic (exact) mass is 754 g/mol. The molecule has 8 heteroatoms. The molecule has 306 valence electrons. The van der Waals surface area contributed by atoms with E-state index in [0.29, 0.717) is 12.8 Å². The molecular weight excluding hydrogens is 679 g/mol. The van der Waals surface area contributed by atoms with Crippen molar-refractivity contribution in [2.24, 2.45) is 0 Å². The minimum absolute atomic E-state index is 0.0102. The molecule has 2 unspecified atom stereocenters. The summed E-state index contributed by atoms with van der Waals surface area (Å²) >= 11 is 0. The number of carboxylic acids is 1. The highest BCUT2D eigenvalue weighted by Crippen LogP contribution is 2.11. The van der Waals surface area contributed by atoms with Crippen molar-refractivity contribution in [1.29, 1.82) is 0 Å². The van der Waals surface area contributed by atoms with E-state index in [4.69, 9.17) is 14.2 Å². The van der Waals surface area contributed by atoms with Crippen LogP contribution < -0.4 is 5.11 Å². The first-order valence-electron chi connectivity index (χ1n) is 20.6. The normalized spacial score (nSPS) is 13.9. The second-order valence-electron chi connectivity index (χ2n) is 14.5. The van der Waals surface area contributed by atoms with E-state index in [1.54, 1.807) is 21.1 Å². The standard InChI is InChI=1S/C46H75NO7/c1-6-8-10-12-14-16-17-18-19-20-21-22-23-24-25-26-27-28-29-31-33-35-37-45(49)54-42(40-52-39-38-43(46(50)51)47(3,4)5)41-53-44(48)36-34-32-30-15-13-11-9-7-2/h8,10,14,16,18-19,21-22,24-25,27-28,30,32,42-43H,6-7,9,11-13,15,17,20,23,26,29,31,33-41H2,1-5H3/b10-8+,16-14+,19-18+,22-21+,25-24+,28-27+,32-30+. The zero-order chi connectivity index (χ0) is 40.0. The summed E-state index contributed by atoms with van der Waals surface area (Å²) in [5, 5.41) is 11.6. The maximum Gasteiger partial charge on any atom is 0.306 e. The molecule has 0 fully saturated rings. The largest absolute Gasteiger partial charge is 0.544 e. The van der Waals surface area contributed by atoms with Crippen molar-refractivity contribution in [1.82, 2.24) is 0 Å². The molecule has 0 heterocycles. The van der Waals surface area contributed by atoms with Crippen molar-refractivity contribution in [3.05, 3.63) is 85.1 Å². The summed E-state index contributed by atoms with van der Waals surface area (Å²) < 4.78 is 17.0. The van der Waals surface area contributed by atoms with Gasteiger partial charge in [-0.25, -0.2) is 0 Å². The van der Waals surface area contributed by atoms with Crippen LogP contribution in [0.15, 0.2) is 85.1 Å². The lowest BCUT2D eigenvalue weighted by Crippen LogP contribution is -2.55. The molecule has 0 aromatic heterocycles. The summed E-state index contributed by atoms with van der Waals surface area (Å²) in [6.07, 6.45) is 46.4. The van der Waals surface area contributed by atoms with Crippen LogP contribution in [0.1, 0.15) is 136 Å². The molecule has 0 saturated carbocycles. The molecule has 0 amide bonds. The number of likely N-dealkylation sites (N-methyl/N-ethyl adjacent to an activating group) is 1. The molecule has 2 atom stereocenters. The van der Waals surface area contributed by atoms with Gasteiger partial charge in [-0.1, -0.05) is 125 Å². The Bertz CT molecular complexity index is 1160. The topological polar surface area (TPSA) is 102 Å². The van der Waals surface area contributed by atoms with Gasteiger partial charge >= 0.3 is 11.9 Å². The van der Waals surface area contributed by atoms with Crippen LogP contribution >= 0.6 is 0 Å². The number of carbonyl (C=O) groups excluding carboxylic acids is 3. The number of hydrogen-bond acceptors (Lipinski definition) is 7. The lowest BCUT2D eigenvalue weighted by atomic mass is 10.1. The van der Waals surface area contributed by atoms with Gasteiger partial charge in [0.15, 0.2) is 6.10 Å². The molecule has 0 saturated heterocycles. The zero-order valence-corrected chi connectivity index (χ0v) is 34.6. The van der Waals surface area contributed by atoms with E-state index in [0.717, 1.165) is 70.6 Å². The van der Waals surface area contributed by atoms with E-state index in [9.17, 15) is 19.5 Å². The smallest absolute Gasteiger partial charge is 0.306 e. The van der Waals surface area contributed by atoms with Crippen LogP contribution in [0.3, 0.4) is 0 Å². The van der Waals surface area contributed by atoms with Gasteiger partial charge < -0.3 is 28.6 Å². The van der Waals surface area contributed by atoms with Crippen LogP contribution in [0.5, 0.6) is 0 Å². The van der Waals surface area contributed by atoms with Crippen LogP contribution in [-0.4, -0.2) is 75.5 Å². The van der Waals surface area contributed by atoms with Crippen molar-refractivity contribution in [2.45, 2.75) is 148 Å². The molecule has 54 heavy (non-hydrogen) atoms. The second-order valence-corrected chi connectivity index (χ2v) is 14.5. The number of ether oxygens (including phenoxy) is 3. The Hall–Kier alpha value is -3.49. The number of carboxylic acid groups (broad SMARTS) is 1. The Morgan fingerprint density at radius 1 is 0.574 bits per heavy atom. The van der Waals surface area contributed by atoms with E-state index in [1.807, 2.05) is 6.08 Å². The van der Waals surface area contributed by atoms with Gasteiger partial charge in [0.1, 0.15) is 12.6 Å². The van der Waals surface area contributed by atoms with E-state index in [2.05, 4.69) is 92.8 Å². The first-order chi connectivity index (χ1) is 26.1. The van der Waals surface area contributed by atoms with Crippen molar-refractivity contribution in [3.63, 3.8) is 0 Å². The molecule has 0 radical (unpaired) electrons. The van der Waals surface area contributed by atoms with Gasteiger partial charge in [-0.15, -0.1) is 0 Å². The summed E-state index contributed by atoms with van der Waals surface area (Å²) in [5.74, 6) is -1.86. The summed E-state index contributed by atoms with van der Waals surface area (Å²) in [4.78, 5) is 36.6. The predicted octanol–water partition coefficient (Wildman–Crippen LogP) is 9.63. The predicted molar refractivity (Wildman–Crippen MR) is 222 cm³/mol. The third kappa shape index (κ3) is 34.3. The molecule has 8 nitrogen and oxygen atoms in total. The van der Waals surface area contributed by atoms with Crippen molar-refractivity contribution >= 4 is 17.9 Å². The molecule has 0 rings (SSSR count). The zero-order valence-electron chi connectivity index (χ0n) is 34.6. The molecule has 0 aromatic carbocycles. The Kier molecular flexibility index (Phi) is 34.1. The third-order valence-electron chi connectivity index (χ3n) is 8.53. The maximum absolute atomic E-state index is 12.7. The van der Waals surface area contributed by atoms with Gasteiger partial charge in [-0.3, -0.25) is 9.59 Å². The van der Waals surface area contributed by atoms with Gasteiger partial charge in [-0.05, 0) is 77.0 Å². The fourth-order valence-electron chi connectivity index (χ4n) is 5.32. The Labute approximate surface area is 329 Å². The molecule has 0 aliphatic carbocycles. The number of carbonyl (C=O) groups is 3. The molecule has 0 aliphatic rings. The van der Waals surface area contributed by atoms with Gasteiger partial charge in [0.2, 0.25) is 0 Å². The maximum atomic E-state index is 12.7. The summed E-state index contributed by atoms with van der Waals surface area (Å²) in [5.41, 5.74) is 0. The molecule has 0 spiro atoms. The Morgan fingerprint density at radius 2 is 1.07 bits per heavy atom. The van der Waals surface area contributed by atoms with E-state index >= 15 is 0 Å². The molecule has 0 N–H and O–H groups in total. The van der Waals surface area contributed by atoms with Crippen LogP contribution in [-0.2, 0) is 28.6 Å². The molecular formula is C46H75NO7. The number of aliphatic carboxylic acids is 1. The second kappa shape index (κ2) is 36.5. The molecule has 0 aromatic rings. The average molecular weight is 754 g/mol. The Morgan fingerprint density at radius 3 is 1.59 bits per heavy atom. The van der Waals surface area contributed by atoms with Gasteiger partial charge in [0.25, 0.3) is 0 Å². The number of quaternary nitrogens is 1. The SMILES string of the molecule is CC/C=C/C/C=C/C/C=C/C/C=C/C/C=C/C/C=C/CCCCCC(=O)OC(COCCC(C(=O)[O-])[N+](C)(C)C)COC(=O)CC/C=C/CCCCCC. The molecule has 0 aliphatic heterocycles. The Balaban J connectivity index is 4.42. The lowest BCUT2D eigenvalue weighted by Gasteiger charge is -2.34. The summed E-state index contributed by atoms with van der Waals surface area (Å²) in [7, 11) is 5.36. The number of nitrogens with zero attached hydrogens (tertiary/aromatic N) is 1. The number of allylic oxidation sites excluding steroid dienone is 14. The van der Waals surface area contributed by atoms with Gasteiger partial charge in [-0.2, -0.15) is 0 Å². The fourth-order valence-corrected chi connectivity index (χ4v) is 5.32. The van der Waals surface area contributed by atoms with Crippen LogP contribution in [0.25, 0.3) is 0 Å². The van der Waals surface area contributed by atoms with E-state index in [-0.39, 0.29) is 55.5 Å². The van der Waals surface area contributed by atoms with Crippen molar-refractivity contribution in [3.8, 4) is 0 Å². The highest BCUT2D eigenvalue weighted by molar-refractivity contribution is 5.70. The van der Waals surface area contributed by atoms with Crippen molar-refractivity contribution in [2.75, 3.05) is 41.0 Å². The first-order valence-corrected chi connectivity index (χ1v) is 20.6.